The van der Waals surface area contributed by atoms with E-state index in [0.29, 0.717) is 13.0 Å². The standard InChI is InChI=1S/C26H28N2O7/c1-33-14-22(23(29)28-12-16-10-11-35-26(16,15-28)24(30)31)27-25(32)34-13-21-19-8-4-2-6-17(19)18-7-3-5-9-20(18)21/h2-9,16,21-22H,10-15H2,1H3,(H,27,32)(H,30,31)/t16?,22-,26?/m0/s1. The highest BCUT2D eigenvalue weighted by atomic mass is 16.6. The number of carboxylic acids is 1. The van der Waals surface area contributed by atoms with Gasteiger partial charge in [0.2, 0.25) is 5.91 Å². The van der Waals surface area contributed by atoms with E-state index in [4.69, 9.17) is 14.2 Å². The van der Waals surface area contributed by atoms with Gasteiger partial charge in [-0.15, -0.1) is 0 Å². The number of hydrogen-bond acceptors (Lipinski definition) is 6. The van der Waals surface area contributed by atoms with Gasteiger partial charge in [-0.3, -0.25) is 4.79 Å². The van der Waals surface area contributed by atoms with Crippen molar-refractivity contribution in [3.8, 4) is 11.1 Å². The average molecular weight is 481 g/mol. The van der Waals surface area contributed by atoms with Crippen molar-refractivity contribution in [1.29, 1.82) is 0 Å². The molecule has 35 heavy (non-hydrogen) atoms. The summed E-state index contributed by atoms with van der Waals surface area (Å²) in [5.74, 6) is -1.86. The quantitative estimate of drug-likeness (QED) is 0.625. The van der Waals surface area contributed by atoms with Crippen LogP contribution in [0.1, 0.15) is 23.5 Å². The Hall–Kier alpha value is -3.43. The van der Waals surface area contributed by atoms with Gasteiger partial charge in [-0.1, -0.05) is 48.5 Å². The van der Waals surface area contributed by atoms with Crippen LogP contribution in [0.5, 0.6) is 0 Å². The minimum absolute atomic E-state index is 0.0571. The molecule has 0 saturated carbocycles. The summed E-state index contributed by atoms with van der Waals surface area (Å²) in [6.45, 7) is 0.620. The zero-order valence-electron chi connectivity index (χ0n) is 19.4. The van der Waals surface area contributed by atoms with Crippen LogP contribution in [0.3, 0.4) is 0 Å². The van der Waals surface area contributed by atoms with Crippen LogP contribution >= 0.6 is 0 Å². The maximum atomic E-state index is 13.2. The number of benzene rings is 2. The van der Waals surface area contributed by atoms with Crippen LogP contribution < -0.4 is 5.32 Å². The fourth-order valence-corrected chi connectivity index (χ4v) is 5.58. The van der Waals surface area contributed by atoms with Crippen LogP contribution in [0.4, 0.5) is 4.79 Å². The number of aliphatic carboxylic acids is 1. The lowest BCUT2D eigenvalue weighted by molar-refractivity contribution is -0.161. The molecule has 0 spiro atoms. The summed E-state index contributed by atoms with van der Waals surface area (Å²) < 4.78 is 16.3. The monoisotopic (exact) mass is 480 g/mol. The third kappa shape index (κ3) is 4.04. The van der Waals surface area contributed by atoms with Crippen molar-refractivity contribution in [2.45, 2.75) is 24.0 Å². The first-order valence-corrected chi connectivity index (χ1v) is 11.7. The zero-order chi connectivity index (χ0) is 24.6. The first-order valence-electron chi connectivity index (χ1n) is 11.7. The highest BCUT2D eigenvalue weighted by Crippen LogP contribution is 2.44. The molecule has 2 unspecified atom stereocenters. The zero-order valence-corrected chi connectivity index (χ0v) is 19.4. The molecule has 2 fully saturated rings. The molecule has 9 nitrogen and oxygen atoms in total. The lowest BCUT2D eigenvalue weighted by Gasteiger charge is -2.26. The summed E-state index contributed by atoms with van der Waals surface area (Å²) in [5.41, 5.74) is 3.05. The molecule has 2 aromatic carbocycles. The molecule has 184 valence electrons. The minimum Gasteiger partial charge on any atom is -0.479 e. The number of hydrogen-bond donors (Lipinski definition) is 2. The van der Waals surface area contributed by atoms with Crippen molar-refractivity contribution >= 4 is 18.0 Å². The summed E-state index contributed by atoms with van der Waals surface area (Å²) in [4.78, 5) is 39.2. The number of rotatable bonds is 7. The maximum absolute atomic E-state index is 13.2. The molecule has 9 heteroatoms. The number of carbonyl (C=O) groups is 3. The maximum Gasteiger partial charge on any atom is 0.407 e. The number of ether oxygens (including phenoxy) is 3. The van der Waals surface area contributed by atoms with Gasteiger partial charge in [-0.25, -0.2) is 9.59 Å². The molecule has 3 atom stereocenters. The van der Waals surface area contributed by atoms with E-state index in [2.05, 4.69) is 17.4 Å². The summed E-state index contributed by atoms with van der Waals surface area (Å²) >= 11 is 0. The van der Waals surface area contributed by atoms with Gasteiger partial charge in [-0.2, -0.15) is 0 Å². The summed E-state index contributed by atoms with van der Waals surface area (Å²) in [7, 11) is 1.43. The number of amides is 2. The Kier molecular flexibility index (Phi) is 6.21. The van der Waals surface area contributed by atoms with Crippen molar-refractivity contribution in [3.63, 3.8) is 0 Å². The average Bonchev–Trinajstić information content (AvgIpc) is 3.52. The predicted molar refractivity (Wildman–Crippen MR) is 125 cm³/mol. The molecule has 2 aromatic rings. The van der Waals surface area contributed by atoms with Gasteiger partial charge in [0.15, 0.2) is 5.60 Å². The molecular formula is C26H28N2O7. The molecule has 0 radical (unpaired) electrons. The van der Waals surface area contributed by atoms with E-state index >= 15 is 0 Å². The van der Waals surface area contributed by atoms with Gasteiger partial charge < -0.3 is 29.5 Å². The molecule has 2 saturated heterocycles. The Balaban J connectivity index is 1.24. The highest BCUT2D eigenvalue weighted by molar-refractivity contribution is 5.88. The largest absolute Gasteiger partial charge is 0.479 e. The first kappa shape index (κ1) is 23.3. The second-order valence-electron chi connectivity index (χ2n) is 9.23. The topological polar surface area (TPSA) is 114 Å². The van der Waals surface area contributed by atoms with Gasteiger partial charge in [-0.05, 0) is 28.7 Å². The second-order valence-corrected chi connectivity index (χ2v) is 9.23. The van der Waals surface area contributed by atoms with Crippen LogP contribution in [0.2, 0.25) is 0 Å². The van der Waals surface area contributed by atoms with Gasteiger partial charge >= 0.3 is 12.1 Å². The lowest BCUT2D eigenvalue weighted by Crippen LogP contribution is -2.52. The third-order valence-corrected chi connectivity index (χ3v) is 7.29. The number of nitrogens with one attached hydrogen (secondary N) is 1. The lowest BCUT2D eigenvalue weighted by atomic mass is 9.91. The molecule has 3 aliphatic rings. The Labute approximate surface area is 203 Å². The number of methoxy groups -OCH3 is 1. The Morgan fingerprint density at radius 3 is 2.40 bits per heavy atom. The SMILES string of the molecule is COC[C@H](NC(=O)OCC1c2ccccc2-c2ccccc21)C(=O)N1CC2CCOC2(C(=O)O)C1. The molecule has 0 aromatic heterocycles. The van der Waals surface area contributed by atoms with Gasteiger partial charge in [0, 0.05) is 32.1 Å². The summed E-state index contributed by atoms with van der Waals surface area (Å²) in [5, 5.41) is 12.3. The van der Waals surface area contributed by atoms with Crippen molar-refractivity contribution in [2.75, 3.05) is 40.0 Å². The Morgan fingerprint density at radius 1 is 1.14 bits per heavy atom. The minimum atomic E-state index is -1.38. The Morgan fingerprint density at radius 2 is 1.80 bits per heavy atom. The van der Waals surface area contributed by atoms with E-state index in [1.54, 1.807) is 0 Å². The van der Waals surface area contributed by atoms with E-state index in [1.807, 2.05) is 36.4 Å². The molecule has 5 rings (SSSR count). The van der Waals surface area contributed by atoms with Crippen LogP contribution in [-0.2, 0) is 23.8 Å². The summed E-state index contributed by atoms with van der Waals surface area (Å²) in [6.07, 6.45) is -0.156. The van der Waals surface area contributed by atoms with E-state index in [1.165, 1.54) is 12.0 Å². The van der Waals surface area contributed by atoms with Crippen molar-refractivity contribution in [1.82, 2.24) is 10.2 Å². The Bertz CT molecular complexity index is 1110. The number of carbonyl (C=O) groups excluding carboxylic acids is 2. The molecule has 2 N–H and O–H groups in total. The second kappa shape index (κ2) is 9.31. The van der Waals surface area contributed by atoms with E-state index in [9.17, 15) is 19.5 Å². The molecular weight excluding hydrogens is 452 g/mol. The van der Waals surface area contributed by atoms with E-state index in [0.717, 1.165) is 22.3 Å². The summed E-state index contributed by atoms with van der Waals surface area (Å²) in [6, 6.07) is 15.1. The molecule has 2 aliphatic heterocycles. The van der Waals surface area contributed by atoms with Gasteiger partial charge in [0.05, 0.1) is 13.2 Å². The van der Waals surface area contributed by atoms with Gasteiger partial charge in [0.1, 0.15) is 12.6 Å². The first-order chi connectivity index (χ1) is 16.9. The van der Waals surface area contributed by atoms with Crippen molar-refractivity contribution in [3.05, 3.63) is 59.7 Å². The van der Waals surface area contributed by atoms with Crippen LogP contribution in [0.25, 0.3) is 11.1 Å². The van der Waals surface area contributed by atoms with E-state index < -0.39 is 29.6 Å². The fourth-order valence-electron chi connectivity index (χ4n) is 5.58. The molecule has 2 amide bonds. The third-order valence-electron chi connectivity index (χ3n) is 7.29. The van der Waals surface area contributed by atoms with Crippen molar-refractivity contribution in [2.24, 2.45) is 5.92 Å². The highest BCUT2D eigenvalue weighted by Gasteiger charge is 2.58. The molecule has 1 aliphatic carbocycles. The number of fused-ring (bicyclic) bond motifs is 4. The number of nitrogens with zero attached hydrogens (tertiary/aromatic N) is 1. The van der Waals surface area contributed by atoms with Gasteiger partial charge in [0.25, 0.3) is 0 Å². The molecule has 0 bridgehead atoms. The smallest absolute Gasteiger partial charge is 0.407 e. The van der Waals surface area contributed by atoms with E-state index in [-0.39, 0.29) is 38.1 Å². The normalized spacial score (nSPS) is 23.3. The predicted octanol–water partition coefficient (Wildman–Crippen LogP) is 2.24. The van der Waals surface area contributed by atoms with Crippen LogP contribution in [-0.4, -0.2) is 79.6 Å². The number of alkyl carbamates (subject to hydrolysis) is 1. The van der Waals surface area contributed by atoms with Crippen LogP contribution in [0.15, 0.2) is 48.5 Å². The number of likely N-dealkylation sites (tertiary alicyclic amines) is 1. The molecule has 2 heterocycles. The fraction of sp³-hybridized carbons (Fsp3) is 0.423. The van der Waals surface area contributed by atoms with Crippen molar-refractivity contribution < 1.29 is 33.7 Å². The van der Waals surface area contributed by atoms with Crippen LogP contribution in [0, 0.1) is 5.92 Å². The number of carboxylic acid groups (broad SMARTS) is 1.